The molecule has 6 aromatic carbocycles. The number of hydrazine groups is 1. The summed E-state index contributed by atoms with van der Waals surface area (Å²) in [6, 6.07) is 25.2. The Morgan fingerprint density at radius 1 is 0.460 bits per heavy atom. The zero-order valence-corrected chi connectivity index (χ0v) is 57.7. The van der Waals surface area contributed by atoms with Gasteiger partial charge in [0, 0.05) is 66.7 Å². The highest BCUT2D eigenvalue weighted by molar-refractivity contribution is 9.10. The molecular weight excluding hydrogens is 1400 g/mol. The summed E-state index contributed by atoms with van der Waals surface area (Å²) in [4.78, 5) is 74.9. The first-order chi connectivity index (χ1) is 46.8. The number of Topliss-reactive ketones (excluding diaryl/α,β-unsaturated/α-hetero) is 3. The summed E-state index contributed by atoms with van der Waals surface area (Å²) in [5.74, 6) is 4.33. The molecule has 0 radical (unpaired) electrons. The lowest BCUT2D eigenvalue weighted by molar-refractivity contribution is -0.134. The van der Waals surface area contributed by atoms with Crippen LogP contribution >= 0.6 is 15.9 Å². The minimum Gasteiger partial charge on any atom is -0.496 e. The van der Waals surface area contributed by atoms with Crippen molar-refractivity contribution in [1.82, 2.24) is 34.0 Å². The van der Waals surface area contributed by atoms with Crippen molar-refractivity contribution >= 4 is 84.3 Å². The lowest BCUT2D eigenvalue weighted by Crippen LogP contribution is -2.41. The highest BCUT2D eigenvalue weighted by atomic mass is 79.9. The molecular formula is C68H71BrF9N9O13. The summed E-state index contributed by atoms with van der Waals surface area (Å²) in [5, 5.41) is 3.57. The average Bonchev–Trinajstić information content (AvgIpc) is 1.53. The van der Waals surface area contributed by atoms with Crippen LogP contribution in [0, 0.1) is 0 Å². The van der Waals surface area contributed by atoms with Crippen LogP contribution in [-0.4, -0.2) is 131 Å². The fourth-order valence-corrected chi connectivity index (χ4v) is 10.3. The monoisotopic (exact) mass is 1470 g/mol. The standard InChI is InChI=1S/C25H28F3N3O5.C24H27F3N4O5.C19H16BrF3N2O3/c1-24(2,3)36-23(33)29-13-15-6-7-18-17(10-15)30-14-31(18)16-11-20(34-4)22(21(12-16)35-5)19(32)8-9-25(26,27)28;1-23(2,3)36-22(33)31(28)14-6-7-17-16(10-14)29-13-30(17)15-11-19(34-4)21(20(12-15)35-5)18(32)8-9-24(25,26)27;1-27-16-8-12(25-10-24-13-7-11(20)3-4-14(13)25)9-17(28-2)18(16)15(26)5-6-19(21,22)23/h6-7,10-12,14H,8-9,13H2,1-5H3,(H,29,33);6-7,10-13H,8-9,28H2,1-5H3;3-4,7-10H,5-6H2,1-2H3. The first kappa shape index (κ1) is 77.2. The van der Waals surface area contributed by atoms with E-state index in [2.05, 4.69) is 36.2 Å². The number of carbonyl (C=O) groups is 5. The van der Waals surface area contributed by atoms with Gasteiger partial charge in [-0.2, -0.15) is 39.5 Å². The number of fused-ring (bicyclic) bond motifs is 3. The number of carbonyl (C=O) groups excluding carboxylic acids is 5. The Bertz CT molecular complexity index is 4380. The van der Waals surface area contributed by atoms with Gasteiger partial charge in [0.15, 0.2) is 17.3 Å². The van der Waals surface area contributed by atoms with Crippen molar-refractivity contribution < 1.29 is 101 Å². The molecule has 0 aliphatic heterocycles. The van der Waals surface area contributed by atoms with E-state index in [1.807, 2.05) is 36.4 Å². The molecule has 100 heavy (non-hydrogen) atoms. The molecule has 3 N–H and O–H groups in total. The Morgan fingerprint density at radius 2 is 0.780 bits per heavy atom. The minimum atomic E-state index is -4.47. The van der Waals surface area contributed by atoms with E-state index in [-0.39, 0.29) is 57.7 Å². The highest BCUT2D eigenvalue weighted by Crippen LogP contribution is 2.40. The van der Waals surface area contributed by atoms with Crippen molar-refractivity contribution in [3.8, 4) is 51.6 Å². The van der Waals surface area contributed by atoms with Gasteiger partial charge >= 0.3 is 30.7 Å². The van der Waals surface area contributed by atoms with Crippen LogP contribution in [0.4, 0.5) is 54.8 Å². The number of ether oxygens (including phenoxy) is 8. The Balaban J connectivity index is 0.000000213. The highest BCUT2D eigenvalue weighted by Gasteiger charge is 2.34. The van der Waals surface area contributed by atoms with Crippen molar-refractivity contribution in [3.63, 3.8) is 0 Å². The first-order valence-corrected chi connectivity index (χ1v) is 31.0. The van der Waals surface area contributed by atoms with Gasteiger partial charge in [0.1, 0.15) is 81.4 Å². The number of nitrogens with zero attached hydrogens (tertiary/aromatic N) is 7. The molecule has 0 aliphatic rings. The quantitative estimate of drug-likeness (QED) is 0.0223. The van der Waals surface area contributed by atoms with E-state index in [0.29, 0.717) is 39.3 Å². The summed E-state index contributed by atoms with van der Waals surface area (Å²) in [5.41, 5.74) is 5.36. The predicted molar refractivity (Wildman–Crippen MR) is 355 cm³/mol. The fraction of sp³-hybridized carbons (Fsp3) is 0.353. The number of aromatic nitrogens is 6. The second kappa shape index (κ2) is 31.8. The van der Waals surface area contributed by atoms with Crippen LogP contribution in [0.1, 0.15) is 117 Å². The van der Waals surface area contributed by atoms with E-state index >= 15 is 0 Å². The van der Waals surface area contributed by atoms with Gasteiger partial charge in [-0.05, 0) is 95.6 Å². The van der Waals surface area contributed by atoms with Crippen molar-refractivity contribution in [2.45, 2.75) is 116 Å². The molecule has 0 unspecified atom stereocenters. The molecule has 0 saturated carbocycles. The topological polar surface area (TPSA) is 254 Å². The molecule has 22 nitrogen and oxygen atoms in total. The number of nitrogens with two attached hydrogens (primary N) is 1. The normalized spacial score (nSPS) is 11.8. The Labute approximate surface area is 575 Å². The number of anilines is 1. The molecule has 2 amide bonds. The zero-order chi connectivity index (χ0) is 74.0. The molecule has 0 saturated heterocycles. The van der Waals surface area contributed by atoms with Crippen LogP contribution < -0.4 is 44.6 Å². The lowest BCUT2D eigenvalue weighted by Gasteiger charge is -2.24. The van der Waals surface area contributed by atoms with Gasteiger partial charge in [0.25, 0.3) is 0 Å². The molecule has 3 aromatic heterocycles. The molecule has 32 heteroatoms. The largest absolute Gasteiger partial charge is 0.496 e. The van der Waals surface area contributed by atoms with Gasteiger partial charge in [-0.15, -0.1) is 0 Å². The summed E-state index contributed by atoms with van der Waals surface area (Å²) in [6.07, 6.45) is -15.8. The molecule has 0 aliphatic carbocycles. The number of rotatable bonds is 21. The van der Waals surface area contributed by atoms with Crippen LogP contribution in [0.2, 0.25) is 0 Å². The molecule has 0 spiro atoms. The van der Waals surface area contributed by atoms with Gasteiger partial charge in [0.2, 0.25) is 0 Å². The number of alkyl carbamates (subject to hydrolysis) is 1. The maximum Gasteiger partial charge on any atom is 0.429 e. The lowest BCUT2D eigenvalue weighted by atomic mass is 10.0. The van der Waals surface area contributed by atoms with Crippen molar-refractivity contribution in [1.29, 1.82) is 0 Å². The van der Waals surface area contributed by atoms with Crippen LogP contribution in [0.3, 0.4) is 0 Å². The fourth-order valence-electron chi connectivity index (χ4n) is 9.90. The minimum absolute atomic E-state index is 0.00911. The van der Waals surface area contributed by atoms with Gasteiger partial charge in [0.05, 0.1) is 118 Å². The van der Waals surface area contributed by atoms with E-state index in [9.17, 15) is 63.5 Å². The molecule has 0 fully saturated rings. The summed E-state index contributed by atoms with van der Waals surface area (Å²) < 4.78 is 162. The number of amides is 2. The maximum absolute atomic E-state index is 12.6. The number of ketones is 3. The van der Waals surface area contributed by atoms with Gasteiger partial charge in [-0.25, -0.2) is 35.4 Å². The number of alkyl halides is 9. The van der Waals surface area contributed by atoms with Crippen molar-refractivity contribution in [2.24, 2.45) is 5.84 Å². The summed E-state index contributed by atoms with van der Waals surface area (Å²) in [6.45, 7) is 10.7. The molecule has 9 rings (SSSR count). The third-order valence-corrected chi connectivity index (χ3v) is 14.9. The molecule has 9 aromatic rings. The third kappa shape index (κ3) is 20.3. The van der Waals surface area contributed by atoms with Gasteiger partial charge in [-0.3, -0.25) is 28.1 Å². The number of benzene rings is 6. The van der Waals surface area contributed by atoms with Crippen molar-refractivity contribution in [3.05, 3.63) is 137 Å². The molecule has 3 heterocycles. The number of nitrogens with one attached hydrogen (secondary N) is 1. The van der Waals surface area contributed by atoms with E-state index in [4.69, 9.17) is 43.7 Å². The molecule has 536 valence electrons. The number of methoxy groups -OCH3 is 6. The number of hydrogen-bond acceptors (Lipinski definition) is 17. The van der Waals surface area contributed by atoms with E-state index < -0.39 is 97.8 Å². The maximum atomic E-state index is 12.6. The Morgan fingerprint density at radius 3 is 1.11 bits per heavy atom. The SMILES string of the molecule is COc1cc(-n2cnc3cc(Br)ccc32)cc(OC)c1C(=O)CCC(F)(F)F.COc1cc(-n2cnc3cc(CNC(=O)OC(C)(C)C)ccc32)cc(OC)c1C(=O)CCC(F)(F)F.COc1cc(-n2cnc3cc(N(N)C(=O)OC(C)(C)C)ccc32)cc(OC)c1C(=O)CCC(F)(F)F. The number of imidazole rings is 3. The summed E-state index contributed by atoms with van der Waals surface area (Å²) in [7, 11) is 7.97. The number of hydrogen-bond donors (Lipinski definition) is 2. The average molecular weight is 1470 g/mol. The van der Waals surface area contributed by atoms with Crippen LogP contribution in [0.15, 0.2) is 114 Å². The van der Waals surface area contributed by atoms with Crippen LogP contribution in [0.25, 0.3) is 50.2 Å². The van der Waals surface area contributed by atoms with Crippen LogP contribution in [-0.2, 0) is 16.0 Å². The smallest absolute Gasteiger partial charge is 0.429 e. The van der Waals surface area contributed by atoms with Gasteiger partial charge < -0.3 is 43.2 Å². The van der Waals surface area contributed by atoms with Crippen molar-refractivity contribution in [2.75, 3.05) is 47.7 Å². The Kier molecular flexibility index (Phi) is 24.6. The zero-order valence-electron chi connectivity index (χ0n) is 56.1. The first-order valence-electron chi connectivity index (χ1n) is 30.2. The predicted octanol–water partition coefficient (Wildman–Crippen LogP) is 16.1. The summed E-state index contributed by atoms with van der Waals surface area (Å²) >= 11 is 3.39. The van der Waals surface area contributed by atoms with E-state index in [1.54, 1.807) is 110 Å². The van der Waals surface area contributed by atoms with Crippen LogP contribution in [0.5, 0.6) is 34.5 Å². The Hall–Kier alpha value is -10.1. The third-order valence-electron chi connectivity index (χ3n) is 14.4. The molecule has 0 bridgehead atoms. The van der Waals surface area contributed by atoms with E-state index in [0.717, 1.165) is 31.6 Å². The van der Waals surface area contributed by atoms with Gasteiger partial charge in [-0.1, -0.05) is 22.0 Å². The molecule has 0 atom stereocenters. The van der Waals surface area contributed by atoms with E-state index in [1.165, 1.54) is 61.1 Å². The second-order valence-corrected chi connectivity index (χ2v) is 24.9. The number of halogens is 10. The second-order valence-electron chi connectivity index (χ2n) is 24.0.